The van der Waals surface area contributed by atoms with Crippen molar-refractivity contribution in [1.29, 1.82) is 0 Å². The topological polar surface area (TPSA) is 99.2 Å². The van der Waals surface area contributed by atoms with Gasteiger partial charge in [0.05, 0.1) is 33.0 Å². The maximum Gasteiger partial charge on any atom is 0.253 e. The highest BCUT2D eigenvalue weighted by Gasteiger charge is 2.23. The zero-order valence-electron chi connectivity index (χ0n) is 15.2. The first kappa shape index (κ1) is 22.1. The van der Waals surface area contributed by atoms with Crippen LogP contribution in [0, 0.1) is 0 Å². The Hall–Kier alpha value is -1.90. The zero-order valence-corrected chi connectivity index (χ0v) is 15.2. The molecule has 0 bridgehead atoms. The van der Waals surface area contributed by atoms with Crippen LogP contribution in [0.2, 0.25) is 0 Å². The third kappa shape index (κ3) is 10.2. The van der Waals surface area contributed by atoms with Gasteiger partial charge in [-0.3, -0.25) is 24.1 Å². The highest BCUT2D eigenvalue weighted by atomic mass is 16.5. The van der Waals surface area contributed by atoms with E-state index in [1.165, 1.54) is 19.1 Å². The molecule has 0 spiro atoms. The molecular formula is C18H27NO7. The Kier molecular flexibility index (Phi) is 11.3. The number of Topliss-reactive ketones (excluding diaryl/α,β-unsaturated/α-hetero) is 2. The molecule has 0 aliphatic carbocycles. The minimum Gasteiger partial charge on any atom is -0.379 e. The van der Waals surface area contributed by atoms with Crippen LogP contribution in [0.15, 0.2) is 12.2 Å². The van der Waals surface area contributed by atoms with Crippen LogP contribution in [-0.2, 0) is 33.4 Å². The van der Waals surface area contributed by atoms with Gasteiger partial charge in [0.25, 0.3) is 11.8 Å². The van der Waals surface area contributed by atoms with Crippen LogP contribution in [0.25, 0.3) is 0 Å². The number of nitrogens with zero attached hydrogens (tertiary/aromatic N) is 1. The summed E-state index contributed by atoms with van der Waals surface area (Å²) in [5, 5.41) is 0. The van der Waals surface area contributed by atoms with Gasteiger partial charge in [-0.25, -0.2) is 0 Å². The Balaban J connectivity index is 1.85. The fraction of sp³-hybridized carbons (Fsp3) is 0.667. The number of rotatable bonds is 16. The largest absolute Gasteiger partial charge is 0.379 e. The van der Waals surface area contributed by atoms with E-state index in [2.05, 4.69) is 0 Å². The molecule has 8 nitrogen and oxygen atoms in total. The second-order valence-corrected chi connectivity index (χ2v) is 5.84. The Morgan fingerprint density at radius 1 is 0.808 bits per heavy atom. The van der Waals surface area contributed by atoms with E-state index in [9.17, 15) is 19.2 Å². The van der Waals surface area contributed by atoms with Crippen molar-refractivity contribution in [2.45, 2.75) is 32.6 Å². The SMILES string of the molecule is CC(=O)CCOCCOCCOCCCC(=O)CCN1C(=O)C=CC1=O. The number of ketones is 2. The Bertz CT molecular complexity index is 498. The van der Waals surface area contributed by atoms with Crippen molar-refractivity contribution in [3.05, 3.63) is 12.2 Å². The smallest absolute Gasteiger partial charge is 0.253 e. The lowest BCUT2D eigenvalue weighted by molar-refractivity contribution is -0.137. The Morgan fingerprint density at radius 3 is 1.92 bits per heavy atom. The molecule has 2 amide bonds. The molecule has 0 aromatic carbocycles. The molecule has 0 N–H and O–H groups in total. The summed E-state index contributed by atoms with van der Waals surface area (Å²) in [7, 11) is 0. The fourth-order valence-electron chi connectivity index (χ4n) is 2.14. The number of carbonyl (C=O) groups excluding carboxylic acids is 4. The third-order valence-corrected chi connectivity index (χ3v) is 3.60. The van der Waals surface area contributed by atoms with Gasteiger partial charge in [0.1, 0.15) is 11.6 Å². The van der Waals surface area contributed by atoms with Crippen LogP contribution in [-0.4, -0.2) is 74.5 Å². The van der Waals surface area contributed by atoms with Crippen LogP contribution < -0.4 is 0 Å². The molecule has 0 aromatic rings. The summed E-state index contributed by atoms with van der Waals surface area (Å²) in [5.74, 6) is -0.626. The molecule has 1 heterocycles. The summed E-state index contributed by atoms with van der Waals surface area (Å²) in [6.45, 7) is 4.29. The summed E-state index contributed by atoms with van der Waals surface area (Å²) in [6, 6.07) is 0. The predicted molar refractivity (Wildman–Crippen MR) is 92.5 cm³/mol. The van der Waals surface area contributed by atoms with Gasteiger partial charge in [-0.15, -0.1) is 0 Å². The van der Waals surface area contributed by atoms with Gasteiger partial charge in [0, 0.05) is 44.6 Å². The van der Waals surface area contributed by atoms with E-state index in [1.54, 1.807) is 0 Å². The third-order valence-electron chi connectivity index (χ3n) is 3.60. The van der Waals surface area contributed by atoms with E-state index in [1.807, 2.05) is 0 Å². The molecule has 26 heavy (non-hydrogen) atoms. The van der Waals surface area contributed by atoms with Crippen molar-refractivity contribution in [2.24, 2.45) is 0 Å². The molecule has 146 valence electrons. The normalized spacial score (nSPS) is 13.7. The fourth-order valence-corrected chi connectivity index (χ4v) is 2.14. The van der Waals surface area contributed by atoms with Crippen LogP contribution in [0.3, 0.4) is 0 Å². The van der Waals surface area contributed by atoms with Crippen molar-refractivity contribution in [3.8, 4) is 0 Å². The van der Waals surface area contributed by atoms with Crippen molar-refractivity contribution >= 4 is 23.4 Å². The van der Waals surface area contributed by atoms with Crippen molar-refractivity contribution < 1.29 is 33.4 Å². The standard InChI is InChI=1S/C18H27NO7/c1-15(20)7-10-25-12-14-26-13-11-24-9-2-3-16(21)6-8-19-17(22)4-5-18(19)23/h4-5H,2-3,6-14H2,1H3. The van der Waals surface area contributed by atoms with E-state index in [0.29, 0.717) is 58.9 Å². The number of hydrogen-bond donors (Lipinski definition) is 0. The highest BCUT2D eigenvalue weighted by Crippen LogP contribution is 2.06. The van der Waals surface area contributed by atoms with Crippen LogP contribution in [0.5, 0.6) is 0 Å². The summed E-state index contributed by atoms with van der Waals surface area (Å²) in [6.07, 6.45) is 3.96. The van der Waals surface area contributed by atoms with E-state index < -0.39 is 0 Å². The van der Waals surface area contributed by atoms with Crippen LogP contribution >= 0.6 is 0 Å². The molecule has 0 aromatic heterocycles. The first-order valence-corrected chi connectivity index (χ1v) is 8.78. The first-order chi connectivity index (χ1) is 12.5. The van der Waals surface area contributed by atoms with Crippen molar-refractivity contribution in [3.63, 3.8) is 0 Å². The van der Waals surface area contributed by atoms with Crippen molar-refractivity contribution in [1.82, 2.24) is 4.90 Å². The zero-order chi connectivity index (χ0) is 19.2. The van der Waals surface area contributed by atoms with Gasteiger partial charge in [0.2, 0.25) is 0 Å². The van der Waals surface area contributed by atoms with E-state index in [4.69, 9.17) is 14.2 Å². The molecule has 1 rings (SSSR count). The molecule has 0 saturated carbocycles. The molecule has 0 atom stereocenters. The molecule has 1 aliphatic heterocycles. The molecular weight excluding hydrogens is 342 g/mol. The number of hydrogen-bond acceptors (Lipinski definition) is 7. The lowest BCUT2D eigenvalue weighted by Crippen LogP contribution is -2.32. The average molecular weight is 369 g/mol. The minimum atomic E-state index is -0.365. The molecule has 0 saturated heterocycles. The highest BCUT2D eigenvalue weighted by molar-refractivity contribution is 6.13. The summed E-state index contributed by atoms with van der Waals surface area (Å²) < 4.78 is 15.9. The Labute approximate surface area is 153 Å². The van der Waals surface area contributed by atoms with Gasteiger partial charge in [-0.2, -0.15) is 0 Å². The van der Waals surface area contributed by atoms with E-state index in [0.717, 1.165) is 4.90 Å². The van der Waals surface area contributed by atoms with Crippen LogP contribution in [0.4, 0.5) is 0 Å². The monoisotopic (exact) mass is 369 g/mol. The van der Waals surface area contributed by atoms with E-state index in [-0.39, 0.29) is 36.3 Å². The van der Waals surface area contributed by atoms with Gasteiger partial charge < -0.3 is 14.2 Å². The van der Waals surface area contributed by atoms with E-state index >= 15 is 0 Å². The quantitative estimate of drug-likeness (QED) is 0.291. The number of amides is 2. The molecule has 8 heteroatoms. The average Bonchev–Trinajstić information content (AvgIpc) is 2.92. The molecule has 0 unspecified atom stereocenters. The number of imide groups is 1. The first-order valence-electron chi connectivity index (χ1n) is 8.78. The summed E-state index contributed by atoms with van der Waals surface area (Å²) >= 11 is 0. The molecule has 1 aliphatic rings. The molecule has 0 radical (unpaired) electrons. The maximum absolute atomic E-state index is 11.7. The van der Waals surface area contributed by atoms with Gasteiger partial charge >= 0.3 is 0 Å². The van der Waals surface area contributed by atoms with Gasteiger partial charge in [0.15, 0.2) is 0 Å². The predicted octanol–water partition coefficient (Wildman–Crippen LogP) is 0.680. The second-order valence-electron chi connectivity index (χ2n) is 5.84. The lowest BCUT2D eigenvalue weighted by atomic mass is 10.1. The Morgan fingerprint density at radius 2 is 1.35 bits per heavy atom. The summed E-state index contributed by atoms with van der Waals surface area (Å²) in [4.78, 5) is 46.2. The maximum atomic E-state index is 11.7. The molecule has 0 fully saturated rings. The van der Waals surface area contributed by atoms with Gasteiger partial charge in [-0.05, 0) is 13.3 Å². The lowest BCUT2D eigenvalue weighted by Gasteiger charge is -2.12. The van der Waals surface area contributed by atoms with Crippen molar-refractivity contribution in [2.75, 3.05) is 46.2 Å². The number of carbonyl (C=O) groups is 4. The second kappa shape index (κ2) is 13.3. The van der Waals surface area contributed by atoms with Crippen LogP contribution in [0.1, 0.15) is 32.6 Å². The van der Waals surface area contributed by atoms with Gasteiger partial charge in [-0.1, -0.05) is 0 Å². The summed E-state index contributed by atoms with van der Waals surface area (Å²) in [5.41, 5.74) is 0. The minimum absolute atomic E-state index is 0.0000552. The number of ether oxygens (including phenoxy) is 3.